The lowest BCUT2D eigenvalue weighted by molar-refractivity contribution is -0.0347. The van der Waals surface area contributed by atoms with Gasteiger partial charge in [0, 0.05) is 12.1 Å². The third-order valence-corrected chi connectivity index (χ3v) is 8.77. The molecule has 4 fully saturated rings. The molecule has 3 aliphatic heterocycles. The molecule has 1 N–H and O–H groups in total. The van der Waals surface area contributed by atoms with Crippen molar-refractivity contribution in [3.8, 4) is 16.9 Å². The van der Waals surface area contributed by atoms with Crippen LogP contribution in [0.15, 0.2) is 36.4 Å². The largest absolute Gasteiger partial charge is 0.497 e. The Morgan fingerprint density at radius 2 is 1.94 bits per heavy atom. The molecule has 2 aromatic carbocycles. The van der Waals surface area contributed by atoms with Gasteiger partial charge in [-0.25, -0.2) is 4.79 Å². The topological polar surface area (TPSA) is 50.8 Å². The van der Waals surface area contributed by atoms with E-state index in [1.807, 2.05) is 18.2 Å². The first kappa shape index (κ1) is 21.3. The lowest BCUT2D eigenvalue weighted by atomic mass is 9.76. The minimum absolute atomic E-state index is 0.0234. The van der Waals surface area contributed by atoms with Gasteiger partial charge in [-0.15, -0.1) is 0 Å². The lowest BCUT2D eigenvalue weighted by Gasteiger charge is -2.44. The van der Waals surface area contributed by atoms with Crippen molar-refractivity contribution in [3.05, 3.63) is 52.5 Å². The first-order valence-corrected chi connectivity index (χ1v) is 12.6. The molecule has 174 valence electrons. The maximum absolute atomic E-state index is 13.0. The van der Waals surface area contributed by atoms with Crippen LogP contribution in [0.25, 0.3) is 11.1 Å². The average Bonchev–Trinajstić information content (AvgIpc) is 3.62. The molecule has 2 aromatic rings. The Balaban J connectivity index is 1.23. The van der Waals surface area contributed by atoms with E-state index in [1.165, 1.54) is 24.0 Å². The van der Waals surface area contributed by atoms with Crippen molar-refractivity contribution in [2.45, 2.75) is 50.7 Å². The molecule has 2 atom stereocenters. The number of ether oxygens (including phenoxy) is 2. The maximum Gasteiger partial charge on any atom is 0.407 e. The van der Waals surface area contributed by atoms with E-state index in [0.717, 1.165) is 62.2 Å². The number of aryl methyl sites for hydroxylation is 1. The number of amides is 1. The summed E-state index contributed by atoms with van der Waals surface area (Å²) in [5.74, 6) is 1.27. The normalized spacial score (nSPS) is 28.8. The SMILES string of the molecule is COc1ccc(-c2ccc3c(c2)CCC2(CC2)C3NC(=O)O[C@@H]2CN3CCC2CC3)c(Cl)c1. The Morgan fingerprint density at radius 1 is 1.12 bits per heavy atom. The summed E-state index contributed by atoms with van der Waals surface area (Å²) in [6, 6.07) is 12.4. The first-order valence-electron chi connectivity index (χ1n) is 12.2. The second-order valence-electron chi connectivity index (χ2n) is 10.3. The van der Waals surface area contributed by atoms with Crippen molar-refractivity contribution in [1.29, 1.82) is 0 Å². The van der Waals surface area contributed by atoms with E-state index in [0.29, 0.717) is 10.9 Å². The van der Waals surface area contributed by atoms with Crippen LogP contribution >= 0.6 is 11.6 Å². The van der Waals surface area contributed by atoms with E-state index in [9.17, 15) is 4.79 Å². The predicted octanol–water partition coefficient (Wildman–Crippen LogP) is 5.60. The van der Waals surface area contributed by atoms with E-state index in [-0.39, 0.29) is 23.7 Å². The Bertz CT molecular complexity index is 1080. The molecule has 2 aliphatic carbocycles. The molecule has 3 saturated heterocycles. The van der Waals surface area contributed by atoms with Gasteiger partial charge in [-0.1, -0.05) is 29.8 Å². The Labute approximate surface area is 200 Å². The summed E-state index contributed by atoms with van der Waals surface area (Å²) >= 11 is 6.54. The van der Waals surface area contributed by atoms with Crippen LogP contribution in [-0.2, 0) is 11.2 Å². The van der Waals surface area contributed by atoms with E-state index < -0.39 is 0 Å². The van der Waals surface area contributed by atoms with Crippen molar-refractivity contribution < 1.29 is 14.3 Å². The third kappa shape index (κ3) is 3.89. The highest BCUT2D eigenvalue weighted by Gasteiger charge is 2.53. The van der Waals surface area contributed by atoms with Crippen molar-refractivity contribution in [3.63, 3.8) is 0 Å². The molecule has 5 aliphatic rings. The van der Waals surface area contributed by atoms with Gasteiger partial charge >= 0.3 is 6.09 Å². The molecular weight excluding hydrogens is 436 g/mol. The Morgan fingerprint density at radius 3 is 2.61 bits per heavy atom. The molecule has 7 rings (SSSR count). The van der Waals surface area contributed by atoms with E-state index in [4.69, 9.17) is 21.1 Å². The predicted molar refractivity (Wildman–Crippen MR) is 129 cm³/mol. The molecule has 1 amide bonds. The number of carbonyl (C=O) groups excluding carboxylic acids is 1. The average molecular weight is 467 g/mol. The minimum Gasteiger partial charge on any atom is -0.497 e. The number of nitrogens with zero attached hydrogens (tertiary/aromatic N) is 1. The number of nitrogens with one attached hydrogen (secondary N) is 1. The molecule has 33 heavy (non-hydrogen) atoms. The van der Waals surface area contributed by atoms with E-state index in [1.54, 1.807) is 7.11 Å². The molecule has 1 saturated carbocycles. The molecule has 1 spiro atoms. The van der Waals surface area contributed by atoms with Crippen LogP contribution in [0.2, 0.25) is 5.02 Å². The number of hydrogen-bond donors (Lipinski definition) is 1. The van der Waals surface area contributed by atoms with Crippen molar-refractivity contribution in [2.24, 2.45) is 11.3 Å². The summed E-state index contributed by atoms with van der Waals surface area (Å²) in [6.45, 7) is 3.17. The van der Waals surface area contributed by atoms with Gasteiger partial charge in [0.05, 0.1) is 18.2 Å². The first-order chi connectivity index (χ1) is 16.0. The summed E-state index contributed by atoms with van der Waals surface area (Å²) < 4.78 is 11.3. The number of fused-ring (bicyclic) bond motifs is 4. The van der Waals surface area contributed by atoms with Crippen LogP contribution in [-0.4, -0.2) is 43.8 Å². The molecule has 0 aromatic heterocycles. The number of methoxy groups -OCH3 is 1. The fraction of sp³-hybridized carbons (Fsp3) is 0.519. The summed E-state index contributed by atoms with van der Waals surface area (Å²) in [7, 11) is 1.65. The summed E-state index contributed by atoms with van der Waals surface area (Å²) in [5.41, 5.74) is 4.82. The summed E-state index contributed by atoms with van der Waals surface area (Å²) in [5, 5.41) is 3.98. The Hall–Kier alpha value is -2.24. The quantitative estimate of drug-likeness (QED) is 0.636. The molecule has 0 radical (unpaired) electrons. The smallest absolute Gasteiger partial charge is 0.407 e. The Kier molecular flexibility index (Phi) is 5.30. The summed E-state index contributed by atoms with van der Waals surface area (Å²) in [6.07, 6.45) is 6.54. The second-order valence-corrected chi connectivity index (χ2v) is 10.7. The van der Waals surface area contributed by atoms with Gasteiger partial charge in [0.15, 0.2) is 0 Å². The number of carbonyl (C=O) groups is 1. The van der Waals surface area contributed by atoms with Gasteiger partial charge in [-0.05, 0) is 97.8 Å². The summed E-state index contributed by atoms with van der Waals surface area (Å²) in [4.78, 5) is 15.4. The fourth-order valence-corrected chi connectivity index (χ4v) is 6.53. The zero-order valence-electron chi connectivity index (χ0n) is 19.1. The third-order valence-electron chi connectivity index (χ3n) is 8.45. The lowest BCUT2D eigenvalue weighted by Crippen LogP contribution is -2.53. The number of hydrogen-bond acceptors (Lipinski definition) is 4. The van der Waals surface area contributed by atoms with Crippen LogP contribution < -0.4 is 10.1 Å². The number of piperidine rings is 3. The highest BCUT2D eigenvalue weighted by Crippen LogP contribution is 2.61. The highest BCUT2D eigenvalue weighted by atomic mass is 35.5. The second kappa shape index (κ2) is 8.21. The fourth-order valence-electron chi connectivity index (χ4n) is 6.25. The number of benzene rings is 2. The number of alkyl carbamates (subject to hydrolysis) is 1. The molecule has 3 heterocycles. The van der Waals surface area contributed by atoms with E-state index >= 15 is 0 Å². The molecular formula is C27H31ClN2O3. The maximum atomic E-state index is 13.0. The van der Waals surface area contributed by atoms with Crippen LogP contribution in [0.5, 0.6) is 5.75 Å². The van der Waals surface area contributed by atoms with Gasteiger partial charge in [0.25, 0.3) is 0 Å². The molecule has 2 bridgehead atoms. The van der Waals surface area contributed by atoms with E-state index in [2.05, 4.69) is 28.4 Å². The van der Waals surface area contributed by atoms with Crippen LogP contribution in [0, 0.1) is 11.3 Å². The van der Waals surface area contributed by atoms with Gasteiger partial charge < -0.3 is 14.8 Å². The molecule has 6 heteroatoms. The zero-order chi connectivity index (χ0) is 22.6. The van der Waals surface area contributed by atoms with Gasteiger partial charge in [0.2, 0.25) is 0 Å². The standard InChI is InChI=1S/C27H31ClN2O3/c1-32-20-3-5-21(23(28)15-20)18-2-4-22-19(14-18)6-9-27(10-11-27)25(22)29-26(31)33-24-16-30-12-7-17(24)8-13-30/h2-5,14-15,17,24-25H,6-13,16H2,1H3,(H,29,31)/t24-,25?/m1/s1. The van der Waals surface area contributed by atoms with Crippen LogP contribution in [0.1, 0.15) is 49.3 Å². The highest BCUT2D eigenvalue weighted by molar-refractivity contribution is 6.33. The van der Waals surface area contributed by atoms with Gasteiger partial charge in [-0.2, -0.15) is 0 Å². The van der Waals surface area contributed by atoms with Gasteiger partial charge in [0.1, 0.15) is 11.9 Å². The van der Waals surface area contributed by atoms with Crippen LogP contribution in [0.4, 0.5) is 4.79 Å². The monoisotopic (exact) mass is 466 g/mol. The minimum atomic E-state index is -0.250. The molecule has 1 unspecified atom stereocenters. The van der Waals surface area contributed by atoms with Crippen LogP contribution in [0.3, 0.4) is 0 Å². The molecule has 5 nitrogen and oxygen atoms in total. The van der Waals surface area contributed by atoms with Crippen molar-refractivity contribution in [1.82, 2.24) is 10.2 Å². The van der Waals surface area contributed by atoms with Crippen molar-refractivity contribution in [2.75, 3.05) is 26.7 Å². The zero-order valence-corrected chi connectivity index (χ0v) is 19.9. The number of rotatable bonds is 4. The van der Waals surface area contributed by atoms with Gasteiger partial charge in [-0.3, -0.25) is 4.90 Å². The van der Waals surface area contributed by atoms with Crippen molar-refractivity contribution >= 4 is 17.7 Å². The number of halogens is 1.